The van der Waals surface area contributed by atoms with Crippen molar-refractivity contribution in [1.82, 2.24) is 15.2 Å². The van der Waals surface area contributed by atoms with Crippen molar-refractivity contribution >= 4 is 11.6 Å². The molecule has 2 heterocycles. The number of nitrogens with zero attached hydrogens (tertiary/aromatic N) is 3. The van der Waals surface area contributed by atoms with Crippen LogP contribution < -0.4 is 21.7 Å². The van der Waals surface area contributed by atoms with E-state index in [1.807, 2.05) is 5.43 Å². The van der Waals surface area contributed by atoms with Crippen molar-refractivity contribution in [2.75, 3.05) is 25.1 Å². The molecule has 1 aromatic heterocycles. The van der Waals surface area contributed by atoms with Crippen molar-refractivity contribution in [2.24, 2.45) is 5.84 Å². The lowest BCUT2D eigenvalue weighted by atomic mass is 10.1. The number of rotatable bonds is 4. The van der Waals surface area contributed by atoms with Gasteiger partial charge in [0.25, 0.3) is 11.5 Å². The summed E-state index contributed by atoms with van der Waals surface area (Å²) in [6.45, 7) is 3.21. The van der Waals surface area contributed by atoms with Crippen LogP contribution in [0.15, 0.2) is 17.1 Å². The van der Waals surface area contributed by atoms with Crippen LogP contribution in [0.25, 0.3) is 0 Å². The van der Waals surface area contributed by atoms with Crippen molar-refractivity contribution in [2.45, 2.75) is 31.9 Å². The highest BCUT2D eigenvalue weighted by Gasteiger charge is 2.21. The van der Waals surface area contributed by atoms with Crippen molar-refractivity contribution in [3.8, 4) is 0 Å². The summed E-state index contributed by atoms with van der Waals surface area (Å²) in [6, 6.07) is 0.760. The molecule has 0 aromatic carbocycles. The van der Waals surface area contributed by atoms with Crippen LogP contribution in [0.3, 0.4) is 0 Å². The molecule has 1 fully saturated rings. The van der Waals surface area contributed by atoms with E-state index in [1.54, 1.807) is 20.2 Å². The Morgan fingerprint density at radius 3 is 2.71 bits per heavy atom. The van der Waals surface area contributed by atoms with Gasteiger partial charge in [-0.2, -0.15) is 5.10 Å². The van der Waals surface area contributed by atoms with Crippen LogP contribution in [0.2, 0.25) is 0 Å². The van der Waals surface area contributed by atoms with Crippen molar-refractivity contribution < 1.29 is 9.53 Å². The third-order valence-electron chi connectivity index (χ3n) is 3.84. The highest BCUT2D eigenvalue weighted by molar-refractivity contribution is 5.79. The van der Waals surface area contributed by atoms with Gasteiger partial charge in [0.15, 0.2) is 0 Å². The van der Waals surface area contributed by atoms with E-state index >= 15 is 0 Å². The molecule has 3 N–H and O–H groups in total. The molecule has 1 unspecified atom stereocenters. The first kappa shape index (κ1) is 15.5. The molecule has 1 saturated heterocycles. The molecule has 2 rings (SSSR count). The standard InChI is InChI=1S/C13H21N5O3/c1-9(13(20)16-14)18-12(19)7-10(8-15-18)17-5-3-11(21-2)4-6-17/h7-9,11H,3-6,14H2,1-2H3,(H,16,20). The van der Waals surface area contributed by atoms with Gasteiger partial charge in [0.2, 0.25) is 0 Å². The molecule has 0 radical (unpaired) electrons. The van der Waals surface area contributed by atoms with Gasteiger partial charge in [-0.05, 0) is 19.8 Å². The maximum Gasteiger partial charge on any atom is 0.269 e. The number of methoxy groups -OCH3 is 1. The molecular formula is C13H21N5O3. The average molecular weight is 295 g/mol. The summed E-state index contributed by atoms with van der Waals surface area (Å²) in [5.74, 6) is 4.61. The number of piperidine rings is 1. The Labute approximate surface area is 122 Å². The Morgan fingerprint density at radius 2 is 2.19 bits per heavy atom. The number of carbonyl (C=O) groups excluding carboxylic acids is 1. The van der Waals surface area contributed by atoms with Crippen molar-refractivity contribution in [1.29, 1.82) is 0 Å². The van der Waals surface area contributed by atoms with E-state index in [9.17, 15) is 9.59 Å². The smallest absolute Gasteiger partial charge is 0.269 e. The van der Waals surface area contributed by atoms with Gasteiger partial charge in [0, 0.05) is 26.3 Å². The lowest BCUT2D eigenvalue weighted by molar-refractivity contribution is -0.124. The Hall–Kier alpha value is -1.93. The molecule has 1 atom stereocenters. The summed E-state index contributed by atoms with van der Waals surface area (Å²) in [7, 11) is 1.72. The van der Waals surface area contributed by atoms with Gasteiger partial charge in [-0.15, -0.1) is 0 Å². The van der Waals surface area contributed by atoms with E-state index in [-0.39, 0.29) is 11.7 Å². The third-order valence-corrected chi connectivity index (χ3v) is 3.84. The van der Waals surface area contributed by atoms with Crippen molar-refractivity contribution in [3.63, 3.8) is 0 Å². The Kier molecular flexibility index (Phi) is 4.92. The normalized spacial score (nSPS) is 17.6. The summed E-state index contributed by atoms with van der Waals surface area (Å²) in [5, 5.41) is 4.08. The van der Waals surface area contributed by atoms with Crippen LogP contribution in [0.1, 0.15) is 25.8 Å². The molecule has 0 aliphatic carbocycles. The van der Waals surface area contributed by atoms with Gasteiger partial charge in [-0.3, -0.25) is 15.0 Å². The number of ether oxygens (including phenoxy) is 1. The minimum atomic E-state index is -0.740. The molecule has 1 amide bonds. The van der Waals surface area contributed by atoms with Crippen LogP contribution in [0.5, 0.6) is 0 Å². The maximum absolute atomic E-state index is 12.1. The summed E-state index contributed by atoms with van der Waals surface area (Å²) in [6.07, 6.45) is 3.73. The molecule has 116 valence electrons. The molecule has 1 aliphatic heterocycles. The Bertz CT molecular complexity index is 551. The van der Waals surface area contributed by atoms with Gasteiger partial charge in [0.1, 0.15) is 6.04 Å². The molecule has 21 heavy (non-hydrogen) atoms. The molecule has 1 aromatic rings. The lowest BCUT2D eigenvalue weighted by Crippen LogP contribution is -2.41. The molecule has 0 spiro atoms. The topological polar surface area (TPSA) is 102 Å². The number of aromatic nitrogens is 2. The quantitative estimate of drug-likeness (QED) is 0.437. The Morgan fingerprint density at radius 1 is 1.52 bits per heavy atom. The first-order valence-electron chi connectivity index (χ1n) is 6.94. The summed E-state index contributed by atoms with van der Waals surface area (Å²) in [5.41, 5.74) is 2.46. The molecular weight excluding hydrogens is 274 g/mol. The molecule has 0 saturated carbocycles. The van der Waals surface area contributed by atoms with Crippen LogP contribution in [0.4, 0.5) is 5.69 Å². The van der Waals surface area contributed by atoms with E-state index in [0.29, 0.717) is 0 Å². The van der Waals surface area contributed by atoms with Gasteiger partial charge in [-0.1, -0.05) is 0 Å². The second kappa shape index (κ2) is 6.68. The van der Waals surface area contributed by atoms with Crippen LogP contribution in [0, 0.1) is 0 Å². The minimum absolute atomic E-state index is 0.280. The number of carbonyl (C=O) groups is 1. The van der Waals surface area contributed by atoms with Crippen LogP contribution >= 0.6 is 0 Å². The third kappa shape index (κ3) is 3.40. The number of anilines is 1. The largest absolute Gasteiger partial charge is 0.381 e. The van der Waals surface area contributed by atoms with Gasteiger partial charge in [-0.25, -0.2) is 10.5 Å². The minimum Gasteiger partial charge on any atom is -0.381 e. The zero-order valence-corrected chi connectivity index (χ0v) is 12.3. The van der Waals surface area contributed by atoms with E-state index in [2.05, 4.69) is 10.00 Å². The SMILES string of the molecule is COC1CCN(c2cnn(C(C)C(=O)NN)c(=O)c2)CC1. The monoisotopic (exact) mass is 295 g/mol. The van der Waals surface area contributed by atoms with Gasteiger partial charge < -0.3 is 9.64 Å². The summed E-state index contributed by atoms with van der Waals surface area (Å²) < 4.78 is 6.44. The molecule has 8 nitrogen and oxygen atoms in total. The van der Waals surface area contributed by atoms with E-state index in [0.717, 1.165) is 36.3 Å². The molecule has 8 heteroatoms. The highest BCUT2D eigenvalue weighted by atomic mass is 16.5. The fourth-order valence-electron chi connectivity index (χ4n) is 2.45. The highest BCUT2D eigenvalue weighted by Crippen LogP contribution is 2.19. The van der Waals surface area contributed by atoms with E-state index < -0.39 is 11.9 Å². The van der Waals surface area contributed by atoms with Crippen LogP contribution in [-0.4, -0.2) is 42.0 Å². The Balaban J connectivity index is 2.13. The van der Waals surface area contributed by atoms with E-state index in [4.69, 9.17) is 10.6 Å². The summed E-state index contributed by atoms with van der Waals surface area (Å²) in [4.78, 5) is 25.7. The zero-order chi connectivity index (χ0) is 15.4. The van der Waals surface area contributed by atoms with Crippen molar-refractivity contribution in [3.05, 3.63) is 22.6 Å². The first-order valence-corrected chi connectivity index (χ1v) is 6.94. The number of amides is 1. The van der Waals surface area contributed by atoms with E-state index in [1.165, 1.54) is 6.07 Å². The number of nitrogens with one attached hydrogen (secondary N) is 1. The molecule has 0 bridgehead atoms. The second-order valence-corrected chi connectivity index (χ2v) is 5.10. The fourth-order valence-corrected chi connectivity index (χ4v) is 2.45. The average Bonchev–Trinajstić information content (AvgIpc) is 2.53. The predicted molar refractivity (Wildman–Crippen MR) is 77.8 cm³/mol. The first-order chi connectivity index (χ1) is 10.1. The van der Waals surface area contributed by atoms with Crippen LogP contribution in [-0.2, 0) is 9.53 Å². The summed E-state index contributed by atoms with van der Waals surface area (Å²) >= 11 is 0. The fraction of sp³-hybridized carbons (Fsp3) is 0.615. The number of nitrogens with two attached hydrogens (primary N) is 1. The number of hydrogen-bond donors (Lipinski definition) is 2. The molecule has 1 aliphatic rings. The maximum atomic E-state index is 12.1. The number of hydrazine groups is 1. The van der Waals surface area contributed by atoms with Gasteiger partial charge >= 0.3 is 0 Å². The second-order valence-electron chi connectivity index (χ2n) is 5.10. The lowest BCUT2D eigenvalue weighted by Gasteiger charge is -2.32. The van der Waals surface area contributed by atoms with Gasteiger partial charge in [0.05, 0.1) is 18.0 Å². The predicted octanol–water partition coefficient (Wildman–Crippen LogP) is -0.591. The number of hydrogen-bond acceptors (Lipinski definition) is 6. The zero-order valence-electron chi connectivity index (χ0n) is 12.3.